The van der Waals surface area contributed by atoms with E-state index in [0.717, 1.165) is 23.7 Å². The van der Waals surface area contributed by atoms with E-state index in [9.17, 15) is 0 Å². The molecule has 1 aliphatic rings. The Labute approximate surface area is 111 Å². The molecule has 3 heteroatoms. The Morgan fingerprint density at radius 2 is 1.82 bits per heavy atom. The van der Waals surface area contributed by atoms with Crippen LogP contribution in [0.2, 0.25) is 10.0 Å². The van der Waals surface area contributed by atoms with Crippen LogP contribution in [-0.2, 0) is 12.8 Å². The van der Waals surface area contributed by atoms with Gasteiger partial charge in [-0.15, -0.1) is 0 Å². The van der Waals surface area contributed by atoms with Gasteiger partial charge >= 0.3 is 0 Å². The molecule has 0 N–H and O–H groups in total. The highest BCUT2D eigenvalue weighted by Gasteiger charge is 2.13. The summed E-state index contributed by atoms with van der Waals surface area (Å²) in [4.78, 5) is 4.73. The molecule has 88 valence electrons. The molecule has 0 bridgehead atoms. The van der Waals surface area contributed by atoms with E-state index < -0.39 is 0 Å². The molecule has 0 fully saturated rings. The van der Waals surface area contributed by atoms with Crippen LogP contribution < -0.4 is 0 Å². The molecule has 0 unspecified atom stereocenters. The summed E-state index contributed by atoms with van der Waals surface area (Å²) in [6.07, 6.45) is 5.99. The SMILES string of the molecule is Clc1ccc2nc3c(cc2c1Cl)CCCCC3. The monoisotopic (exact) mass is 265 g/mol. The first kappa shape index (κ1) is 11.3. The van der Waals surface area contributed by atoms with Gasteiger partial charge in [-0.1, -0.05) is 29.6 Å². The van der Waals surface area contributed by atoms with Crippen molar-refractivity contribution >= 4 is 34.1 Å². The normalized spacial score (nSPS) is 15.6. The van der Waals surface area contributed by atoms with Crippen molar-refractivity contribution in [1.29, 1.82) is 0 Å². The molecule has 17 heavy (non-hydrogen) atoms. The van der Waals surface area contributed by atoms with Crippen LogP contribution in [0.1, 0.15) is 30.5 Å². The van der Waals surface area contributed by atoms with Crippen molar-refractivity contribution < 1.29 is 0 Å². The van der Waals surface area contributed by atoms with Gasteiger partial charge < -0.3 is 0 Å². The van der Waals surface area contributed by atoms with Crippen molar-refractivity contribution in [2.75, 3.05) is 0 Å². The fraction of sp³-hybridized carbons (Fsp3) is 0.357. The average molecular weight is 266 g/mol. The molecular formula is C14H13Cl2N. The molecule has 1 aromatic heterocycles. The van der Waals surface area contributed by atoms with Crippen molar-refractivity contribution in [2.24, 2.45) is 0 Å². The number of hydrogen-bond donors (Lipinski definition) is 0. The van der Waals surface area contributed by atoms with Crippen LogP contribution in [-0.4, -0.2) is 4.98 Å². The van der Waals surface area contributed by atoms with E-state index >= 15 is 0 Å². The number of halogens is 2. The largest absolute Gasteiger partial charge is 0.252 e. The van der Waals surface area contributed by atoms with Gasteiger partial charge in [0.15, 0.2) is 0 Å². The van der Waals surface area contributed by atoms with Gasteiger partial charge in [0.05, 0.1) is 15.6 Å². The molecule has 1 aliphatic carbocycles. The van der Waals surface area contributed by atoms with Gasteiger partial charge in [0.2, 0.25) is 0 Å². The zero-order valence-corrected chi connectivity index (χ0v) is 11.0. The minimum atomic E-state index is 0.606. The standard InChI is InChI=1S/C14H13Cl2N/c15-11-6-7-13-10(14(11)16)8-9-4-2-1-3-5-12(9)17-13/h6-8H,1-5H2. The maximum atomic E-state index is 6.24. The van der Waals surface area contributed by atoms with E-state index in [1.807, 2.05) is 12.1 Å². The van der Waals surface area contributed by atoms with E-state index in [1.165, 1.54) is 30.5 Å². The minimum absolute atomic E-state index is 0.606. The molecular weight excluding hydrogens is 253 g/mol. The molecule has 0 saturated heterocycles. The van der Waals surface area contributed by atoms with Crippen molar-refractivity contribution in [3.63, 3.8) is 0 Å². The second-order valence-corrected chi connectivity index (χ2v) is 5.37. The molecule has 0 spiro atoms. The van der Waals surface area contributed by atoms with Crippen LogP contribution in [0.4, 0.5) is 0 Å². The van der Waals surface area contributed by atoms with Crippen molar-refractivity contribution in [2.45, 2.75) is 32.1 Å². The smallest absolute Gasteiger partial charge is 0.0721 e. The van der Waals surface area contributed by atoms with Crippen LogP contribution in [0.25, 0.3) is 10.9 Å². The predicted octanol–water partition coefficient (Wildman–Crippen LogP) is 4.81. The molecule has 0 aliphatic heterocycles. The van der Waals surface area contributed by atoms with Crippen molar-refractivity contribution in [3.05, 3.63) is 39.5 Å². The Bertz CT molecular complexity index is 578. The number of hydrogen-bond acceptors (Lipinski definition) is 1. The van der Waals surface area contributed by atoms with Gasteiger partial charge in [-0.3, -0.25) is 4.98 Å². The summed E-state index contributed by atoms with van der Waals surface area (Å²) in [5.74, 6) is 0. The Kier molecular flexibility index (Phi) is 2.97. The fourth-order valence-corrected chi connectivity index (χ4v) is 2.86. The van der Waals surface area contributed by atoms with Crippen LogP contribution in [0.15, 0.2) is 18.2 Å². The van der Waals surface area contributed by atoms with E-state index in [2.05, 4.69) is 6.07 Å². The summed E-state index contributed by atoms with van der Waals surface area (Å²) in [5, 5.41) is 2.22. The predicted molar refractivity (Wildman–Crippen MR) is 73.0 cm³/mol. The van der Waals surface area contributed by atoms with Gasteiger partial charge in [0.1, 0.15) is 0 Å². The van der Waals surface area contributed by atoms with Gasteiger partial charge in [0.25, 0.3) is 0 Å². The van der Waals surface area contributed by atoms with Gasteiger partial charge in [0, 0.05) is 11.1 Å². The summed E-state index contributed by atoms with van der Waals surface area (Å²) in [6.45, 7) is 0. The zero-order chi connectivity index (χ0) is 11.8. The van der Waals surface area contributed by atoms with Gasteiger partial charge in [-0.2, -0.15) is 0 Å². The third-order valence-corrected chi connectivity index (χ3v) is 4.23. The lowest BCUT2D eigenvalue weighted by Crippen LogP contribution is -1.96. The second kappa shape index (κ2) is 4.47. The quantitative estimate of drug-likeness (QED) is 0.623. The Morgan fingerprint density at radius 1 is 1.00 bits per heavy atom. The molecule has 1 heterocycles. The van der Waals surface area contributed by atoms with Gasteiger partial charge in [-0.25, -0.2) is 0 Å². The first-order valence-electron chi connectivity index (χ1n) is 6.02. The van der Waals surface area contributed by atoms with Crippen LogP contribution in [0.5, 0.6) is 0 Å². The summed E-state index contributed by atoms with van der Waals surface area (Å²) >= 11 is 12.3. The van der Waals surface area contributed by atoms with Crippen LogP contribution in [0, 0.1) is 0 Å². The number of rotatable bonds is 0. The molecule has 3 rings (SSSR count). The van der Waals surface area contributed by atoms with E-state index in [1.54, 1.807) is 0 Å². The van der Waals surface area contributed by atoms with Gasteiger partial charge in [-0.05, 0) is 49.4 Å². The highest BCUT2D eigenvalue weighted by molar-refractivity contribution is 6.45. The topological polar surface area (TPSA) is 12.9 Å². The number of pyridine rings is 1. The third-order valence-electron chi connectivity index (χ3n) is 3.41. The van der Waals surface area contributed by atoms with Crippen LogP contribution in [0.3, 0.4) is 0 Å². The van der Waals surface area contributed by atoms with Crippen molar-refractivity contribution in [1.82, 2.24) is 4.98 Å². The molecule has 0 atom stereocenters. The summed E-state index contributed by atoms with van der Waals surface area (Å²) in [5.41, 5.74) is 3.55. The average Bonchev–Trinajstić information content (AvgIpc) is 2.57. The second-order valence-electron chi connectivity index (χ2n) is 4.58. The van der Waals surface area contributed by atoms with E-state index in [-0.39, 0.29) is 0 Å². The van der Waals surface area contributed by atoms with Crippen molar-refractivity contribution in [3.8, 4) is 0 Å². The number of nitrogens with zero attached hydrogens (tertiary/aromatic N) is 1. The number of aryl methyl sites for hydroxylation is 2. The van der Waals surface area contributed by atoms with E-state index in [4.69, 9.17) is 28.2 Å². The highest BCUT2D eigenvalue weighted by atomic mass is 35.5. The molecule has 1 nitrogen and oxygen atoms in total. The Balaban J connectivity index is 2.26. The fourth-order valence-electron chi connectivity index (χ4n) is 2.48. The number of aromatic nitrogens is 1. The number of fused-ring (bicyclic) bond motifs is 2. The molecule has 0 radical (unpaired) electrons. The lowest BCUT2D eigenvalue weighted by Gasteiger charge is -2.09. The zero-order valence-electron chi connectivity index (χ0n) is 9.47. The first-order chi connectivity index (χ1) is 8.25. The first-order valence-corrected chi connectivity index (χ1v) is 6.78. The minimum Gasteiger partial charge on any atom is -0.252 e. The molecule has 2 aromatic rings. The lowest BCUT2D eigenvalue weighted by atomic mass is 10.1. The summed E-state index contributed by atoms with van der Waals surface area (Å²) in [7, 11) is 0. The summed E-state index contributed by atoms with van der Waals surface area (Å²) in [6, 6.07) is 5.95. The van der Waals surface area contributed by atoms with E-state index in [0.29, 0.717) is 10.0 Å². The number of benzene rings is 1. The van der Waals surface area contributed by atoms with Crippen LogP contribution >= 0.6 is 23.2 Å². The third kappa shape index (κ3) is 2.02. The summed E-state index contributed by atoms with van der Waals surface area (Å²) < 4.78 is 0. The Hall–Kier alpha value is -0.790. The maximum absolute atomic E-state index is 6.24. The maximum Gasteiger partial charge on any atom is 0.0721 e. The molecule has 1 aromatic carbocycles. The highest BCUT2D eigenvalue weighted by Crippen LogP contribution is 2.32. The molecule has 0 amide bonds. The lowest BCUT2D eigenvalue weighted by molar-refractivity contribution is 0.709. The Morgan fingerprint density at radius 3 is 2.71 bits per heavy atom. The molecule has 0 saturated carbocycles.